The average Bonchev–Trinajstić information content (AvgIpc) is 2.92. The molecule has 0 aliphatic rings. The first-order chi connectivity index (χ1) is 18.3. The normalized spacial score (nSPS) is 11.0. The number of amides is 1. The van der Waals surface area contributed by atoms with Crippen LogP contribution in [-0.4, -0.2) is 46.8 Å². The van der Waals surface area contributed by atoms with Crippen LogP contribution in [0.2, 0.25) is 0 Å². The molecule has 0 fully saturated rings. The number of thioether (sulfide) groups is 1. The van der Waals surface area contributed by atoms with Crippen LogP contribution < -0.4 is 20.3 Å². The van der Waals surface area contributed by atoms with E-state index < -0.39 is 0 Å². The molecule has 8 nitrogen and oxygen atoms in total. The number of benzene rings is 3. The van der Waals surface area contributed by atoms with E-state index in [1.165, 1.54) is 4.57 Å². The molecule has 1 N–H and O–H groups in total. The van der Waals surface area contributed by atoms with E-state index in [4.69, 9.17) is 14.5 Å². The summed E-state index contributed by atoms with van der Waals surface area (Å²) in [6.45, 7) is 6.19. The van der Waals surface area contributed by atoms with Crippen molar-refractivity contribution in [1.29, 1.82) is 0 Å². The Bertz CT molecular complexity index is 1510. The molecular formula is C29H29N3O5S. The van der Waals surface area contributed by atoms with Gasteiger partial charge in [-0.2, -0.15) is 0 Å². The summed E-state index contributed by atoms with van der Waals surface area (Å²) in [6.07, 6.45) is 0. The van der Waals surface area contributed by atoms with Crippen molar-refractivity contribution >= 4 is 34.4 Å². The molecule has 4 aromatic rings. The fourth-order valence-electron chi connectivity index (χ4n) is 3.83. The second-order valence-electron chi connectivity index (χ2n) is 8.76. The summed E-state index contributed by atoms with van der Waals surface area (Å²) in [5.41, 5.74) is 1.61. The number of ether oxygens (including phenoxy) is 2. The summed E-state index contributed by atoms with van der Waals surface area (Å²) in [5, 5.41) is 3.56. The van der Waals surface area contributed by atoms with Crippen LogP contribution in [0, 0.1) is 0 Å². The Morgan fingerprint density at radius 2 is 1.63 bits per heavy atom. The smallest absolute Gasteiger partial charge is 0.266 e. The Kier molecular flexibility index (Phi) is 8.48. The summed E-state index contributed by atoms with van der Waals surface area (Å²) < 4.78 is 12.2. The number of hydrogen-bond donors (Lipinski definition) is 1. The van der Waals surface area contributed by atoms with Gasteiger partial charge in [0, 0.05) is 17.2 Å². The van der Waals surface area contributed by atoms with Gasteiger partial charge in [-0.3, -0.25) is 19.0 Å². The van der Waals surface area contributed by atoms with Gasteiger partial charge in [0.05, 0.1) is 36.1 Å². The molecule has 0 unspecified atom stereocenters. The Hall–Kier alpha value is -4.11. The summed E-state index contributed by atoms with van der Waals surface area (Å²) in [6, 6.07) is 18.8. The van der Waals surface area contributed by atoms with Gasteiger partial charge in [-0.05, 0) is 87.5 Å². The molecule has 0 spiro atoms. The molecule has 1 heterocycles. The Balaban J connectivity index is 1.73. The summed E-state index contributed by atoms with van der Waals surface area (Å²) in [5.74, 6) is 1.05. The van der Waals surface area contributed by atoms with Gasteiger partial charge < -0.3 is 14.8 Å². The van der Waals surface area contributed by atoms with Crippen molar-refractivity contribution in [2.45, 2.75) is 32.0 Å². The molecule has 0 aliphatic heterocycles. The topological polar surface area (TPSA) is 99.5 Å². The summed E-state index contributed by atoms with van der Waals surface area (Å²) >= 11 is 1.16. The molecule has 196 valence electrons. The minimum absolute atomic E-state index is 0.0334. The number of Topliss-reactive ketones (excluding diaryl/α,β-unsaturated/α-hetero) is 1. The second-order valence-corrected chi connectivity index (χ2v) is 9.70. The number of carbonyl (C=O) groups is 2. The molecule has 1 amide bonds. The van der Waals surface area contributed by atoms with Crippen molar-refractivity contribution in [2.75, 3.05) is 19.5 Å². The number of methoxy groups -OCH3 is 1. The third-order valence-corrected chi connectivity index (χ3v) is 6.61. The van der Waals surface area contributed by atoms with Gasteiger partial charge in [0.15, 0.2) is 10.9 Å². The maximum atomic E-state index is 13.7. The van der Waals surface area contributed by atoms with E-state index >= 15 is 0 Å². The lowest BCUT2D eigenvalue weighted by atomic mass is 10.1. The van der Waals surface area contributed by atoms with E-state index in [1.807, 2.05) is 20.8 Å². The summed E-state index contributed by atoms with van der Waals surface area (Å²) in [4.78, 5) is 43.9. The molecule has 0 saturated heterocycles. The Labute approximate surface area is 225 Å². The highest BCUT2D eigenvalue weighted by Gasteiger charge is 2.17. The van der Waals surface area contributed by atoms with Crippen LogP contribution in [0.5, 0.6) is 11.5 Å². The highest BCUT2D eigenvalue weighted by Crippen LogP contribution is 2.25. The van der Waals surface area contributed by atoms with Crippen LogP contribution in [0.4, 0.5) is 0 Å². The van der Waals surface area contributed by atoms with Crippen molar-refractivity contribution < 1.29 is 19.1 Å². The van der Waals surface area contributed by atoms with E-state index in [2.05, 4.69) is 5.32 Å². The van der Waals surface area contributed by atoms with Crippen molar-refractivity contribution in [1.82, 2.24) is 14.9 Å². The zero-order valence-corrected chi connectivity index (χ0v) is 22.5. The molecule has 1 aromatic heterocycles. The molecule has 9 heteroatoms. The number of aromatic nitrogens is 2. The minimum atomic E-state index is -0.299. The van der Waals surface area contributed by atoms with Gasteiger partial charge in [0.25, 0.3) is 11.5 Å². The quantitative estimate of drug-likeness (QED) is 0.176. The highest BCUT2D eigenvalue weighted by molar-refractivity contribution is 7.99. The van der Waals surface area contributed by atoms with Crippen molar-refractivity contribution in [3.05, 3.63) is 88.2 Å². The first-order valence-electron chi connectivity index (χ1n) is 12.2. The van der Waals surface area contributed by atoms with Crippen LogP contribution >= 0.6 is 11.8 Å². The first-order valence-corrected chi connectivity index (χ1v) is 13.2. The minimum Gasteiger partial charge on any atom is -0.497 e. The Morgan fingerprint density at radius 1 is 0.974 bits per heavy atom. The zero-order valence-electron chi connectivity index (χ0n) is 21.7. The molecule has 0 bridgehead atoms. The Morgan fingerprint density at radius 3 is 2.26 bits per heavy atom. The monoisotopic (exact) mass is 531 g/mol. The van der Waals surface area contributed by atoms with E-state index in [0.29, 0.717) is 51.0 Å². The SMILES string of the molecule is CCOc1ccc(C(=O)CSc2nc3cc(C(=O)NC(C)C)ccc3c(=O)n2-c2ccc(OC)cc2)cc1. The molecule has 0 saturated carbocycles. The third-order valence-electron chi connectivity index (χ3n) is 5.67. The molecule has 38 heavy (non-hydrogen) atoms. The van der Waals surface area contributed by atoms with Gasteiger partial charge in [-0.1, -0.05) is 11.8 Å². The second kappa shape index (κ2) is 12.0. The van der Waals surface area contributed by atoms with Gasteiger partial charge in [-0.15, -0.1) is 0 Å². The van der Waals surface area contributed by atoms with Crippen molar-refractivity contribution in [3.63, 3.8) is 0 Å². The van der Waals surface area contributed by atoms with E-state index in [1.54, 1.807) is 73.8 Å². The van der Waals surface area contributed by atoms with Gasteiger partial charge in [0.2, 0.25) is 0 Å². The lowest BCUT2D eigenvalue weighted by Crippen LogP contribution is -2.30. The van der Waals surface area contributed by atoms with Gasteiger partial charge >= 0.3 is 0 Å². The first kappa shape index (κ1) is 26.9. The number of rotatable bonds is 10. The van der Waals surface area contributed by atoms with E-state index in [-0.39, 0.29) is 29.0 Å². The van der Waals surface area contributed by atoms with Crippen LogP contribution in [0.25, 0.3) is 16.6 Å². The number of nitrogens with zero attached hydrogens (tertiary/aromatic N) is 2. The lowest BCUT2D eigenvalue weighted by molar-refractivity contribution is 0.0942. The van der Waals surface area contributed by atoms with Gasteiger partial charge in [-0.25, -0.2) is 4.98 Å². The predicted octanol–water partition coefficient (Wildman–Crippen LogP) is 4.91. The molecule has 0 radical (unpaired) electrons. The maximum Gasteiger partial charge on any atom is 0.266 e. The fourth-order valence-corrected chi connectivity index (χ4v) is 4.73. The largest absolute Gasteiger partial charge is 0.497 e. The van der Waals surface area contributed by atoms with Crippen molar-refractivity contribution in [2.24, 2.45) is 0 Å². The summed E-state index contributed by atoms with van der Waals surface area (Å²) in [7, 11) is 1.57. The molecule has 3 aromatic carbocycles. The van der Waals surface area contributed by atoms with Crippen molar-refractivity contribution in [3.8, 4) is 17.2 Å². The predicted molar refractivity (Wildman–Crippen MR) is 149 cm³/mol. The average molecular weight is 532 g/mol. The van der Waals surface area contributed by atoms with Crippen LogP contribution in [0.3, 0.4) is 0 Å². The molecule has 0 aliphatic carbocycles. The highest BCUT2D eigenvalue weighted by atomic mass is 32.2. The standard InChI is InChI=1S/C29H29N3O5S/c1-5-37-23-11-6-19(7-12-23)26(33)17-38-29-31-25-16-20(27(34)30-18(2)3)8-15-24(25)28(35)32(29)21-9-13-22(36-4)14-10-21/h6-16,18H,5,17H2,1-4H3,(H,30,34). The lowest BCUT2D eigenvalue weighted by Gasteiger charge is -2.14. The third kappa shape index (κ3) is 6.06. The molecule has 0 atom stereocenters. The number of fused-ring (bicyclic) bond motifs is 1. The van der Waals surface area contributed by atoms with E-state index in [9.17, 15) is 14.4 Å². The zero-order chi connectivity index (χ0) is 27.2. The fraction of sp³-hybridized carbons (Fsp3) is 0.241. The maximum absolute atomic E-state index is 13.7. The van der Waals surface area contributed by atoms with Crippen LogP contribution in [0.1, 0.15) is 41.5 Å². The molecule has 4 rings (SSSR count). The van der Waals surface area contributed by atoms with Crippen LogP contribution in [0.15, 0.2) is 76.7 Å². The number of carbonyl (C=O) groups excluding carboxylic acids is 2. The number of hydrogen-bond acceptors (Lipinski definition) is 7. The van der Waals surface area contributed by atoms with Crippen LogP contribution in [-0.2, 0) is 0 Å². The number of nitrogens with one attached hydrogen (secondary N) is 1. The molecular weight excluding hydrogens is 502 g/mol. The van der Waals surface area contributed by atoms with Gasteiger partial charge in [0.1, 0.15) is 11.5 Å². The van der Waals surface area contributed by atoms with E-state index in [0.717, 1.165) is 11.8 Å². The number of ketones is 1.